The van der Waals surface area contributed by atoms with Crippen LogP contribution in [-0.4, -0.2) is 32.2 Å². The van der Waals surface area contributed by atoms with Crippen LogP contribution in [0.15, 0.2) is 12.1 Å². The molecule has 0 radical (unpaired) electrons. The Labute approximate surface area is 147 Å². The fourth-order valence-corrected chi connectivity index (χ4v) is 3.33. The molecule has 0 aliphatic heterocycles. The number of carbonyl (C=O) groups is 1. The third-order valence-corrected chi connectivity index (χ3v) is 4.63. The minimum Gasteiger partial charge on any atom is -0.358 e. The van der Waals surface area contributed by atoms with Gasteiger partial charge in [0.1, 0.15) is 11.6 Å². The van der Waals surface area contributed by atoms with Crippen LogP contribution in [0.1, 0.15) is 34.0 Å². The largest absolute Gasteiger partial charge is 0.358 e. The number of rotatable bonds is 5. The fraction of sp³-hybridized carbons (Fsp3) is 0.421. The lowest BCUT2D eigenvalue weighted by molar-refractivity contribution is -0.120. The lowest BCUT2D eigenvalue weighted by atomic mass is 10.0. The highest BCUT2D eigenvalue weighted by atomic mass is 16.1. The lowest BCUT2D eigenvalue weighted by Crippen LogP contribution is -2.29. The summed E-state index contributed by atoms with van der Waals surface area (Å²) < 4.78 is 1.82. The quantitative estimate of drug-likeness (QED) is 0.750. The Morgan fingerprint density at radius 2 is 1.88 bits per heavy atom. The number of benzene rings is 1. The number of aromatic amines is 1. The van der Waals surface area contributed by atoms with E-state index in [2.05, 4.69) is 46.4 Å². The van der Waals surface area contributed by atoms with Crippen LogP contribution in [0.2, 0.25) is 0 Å². The molecule has 0 aliphatic carbocycles. The zero-order chi connectivity index (χ0) is 18.1. The van der Waals surface area contributed by atoms with Crippen LogP contribution in [0, 0.1) is 34.6 Å². The smallest absolute Gasteiger partial charge is 0.224 e. The first-order valence-corrected chi connectivity index (χ1v) is 8.59. The Bertz CT molecular complexity index is 935. The number of nitrogens with one attached hydrogen (secondary N) is 2. The molecule has 0 saturated carbocycles. The van der Waals surface area contributed by atoms with Gasteiger partial charge in [-0.2, -0.15) is 5.10 Å². The summed E-state index contributed by atoms with van der Waals surface area (Å²) in [5.41, 5.74) is 5.68. The highest BCUT2D eigenvalue weighted by Gasteiger charge is 2.15. The molecule has 0 fully saturated rings. The van der Waals surface area contributed by atoms with Gasteiger partial charge in [0.05, 0.1) is 13.0 Å². The molecule has 2 aromatic heterocycles. The van der Waals surface area contributed by atoms with E-state index in [1.807, 2.05) is 25.5 Å². The predicted octanol–water partition coefficient (Wildman–Crippen LogP) is 2.66. The van der Waals surface area contributed by atoms with Crippen molar-refractivity contribution in [2.75, 3.05) is 6.54 Å². The molecule has 25 heavy (non-hydrogen) atoms. The van der Waals surface area contributed by atoms with Gasteiger partial charge in [0.25, 0.3) is 0 Å². The molecule has 0 aliphatic rings. The van der Waals surface area contributed by atoms with Crippen molar-refractivity contribution < 1.29 is 4.79 Å². The van der Waals surface area contributed by atoms with Gasteiger partial charge >= 0.3 is 0 Å². The number of H-pyrrole nitrogens is 1. The highest BCUT2D eigenvalue weighted by molar-refractivity contribution is 5.93. The molecule has 1 aromatic carbocycles. The average Bonchev–Trinajstić information content (AvgIpc) is 3.04. The van der Waals surface area contributed by atoms with Gasteiger partial charge in [0, 0.05) is 23.1 Å². The Kier molecular flexibility index (Phi) is 4.61. The number of hydrogen-bond acceptors (Lipinski definition) is 3. The maximum absolute atomic E-state index is 12.4. The number of aryl methyl sites for hydroxylation is 5. The van der Waals surface area contributed by atoms with E-state index in [0.717, 1.165) is 28.4 Å². The zero-order valence-corrected chi connectivity index (χ0v) is 15.5. The first-order chi connectivity index (χ1) is 11.9. The summed E-state index contributed by atoms with van der Waals surface area (Å²) in [4.78, 5) is 20.1. The van der Waals surface area contributed by atoms with Crippen molar-refractivity contribution in [1.29, 1.82) is 0 Å². The van der Waals surface area contributed by atoms with Gasteiger partial charge in [0.2, 0.25) is 5.91 Å². The van der Waals surface area contributed by atoms with Crippen LogP contribution in [0.4, 0.5) is 0 Å². The van der Waals surface area contributed by atoms with Gasteiger partial charge in [-0.1, -0.05) is 12.1 Å². The molecule has 6 heteroatoms. The van der Waals surface area contributed by atoms with Crippen LogP contribution in [0.25, 0.3) is 10.9 Å². The predicted molar refractivity (Wildman–Crippen MR) is 98.7 cm³/mol. The minimum atomic E-state index is 0.0272. The highest BCUT2D eigenvalue weighted by Crippen LogP contribution is 2.28. The molecule has 3 aromatic rings. The Balaban J connectivity index is 1.69. The second-order valence-electron chi connectivity index (χ2n) is 6.63. The lowest BCUT2D eigenvalue weighted by Gasteiger charge is -2.08. The number of nitrogens with zero attached hydrogens (tertiary/aromatic N) is 3. The van der Waals surface area contributed by atoms with Gasteiger partial charge in [-0.05, 0) is 51.3 Å². The summed E-state index contributed by atoms with van der Waals surface area (Å²) >= 11 is 0. The molecular weight excluding hydrogens is 314 g/mol. The summed E-state index contributed by atoms with van der Waals surface area (Å²) in [7, 11) is 0. The standard InChI is InChI=1S/C19H25N5O/c1-11-6-7-12(2)19-18(11)16(13(3)21-19)10-17(25)20-8-9-24-15(5)22-14(4)23-24/h6-7,21H,8-10H2,1-5H3,(H,20,25). The number of aromatic nitrogens is 4. The third kappa shape index (κ3) is 3.43. The SMILES string of the molecule is Cc1nc(C)n(CCNC(=O)Cc2c(C)[nH]c3c(C)ccc(C)c23)n1. The van der Waals surface area contributed by atoms with Gasteiger partial charge in [0.15, 0.2) is 0 Å². The van der Waals surface area contributed by atoms with Crippen molar-refractivity contribution in [2.24, 2.45) is 0 Å². The second-order valence-corrected chi connectivity index (χ2v) is 6.63. The summed E-state index contributed by atoms with van der Waals surface area (Å²) in [5, 5.41) is 8.48. The summed E-state index contributed by atoms with van der Waals surface area (Å²) in [6.07, 6.45) is 0.380. The van der Waals surface area contributed by atoms with Crippen LogP contribution >= 0.6 is 0 Å². The monoisotopic (exact) mass is 339 g/mol. The molecule has 0 saturated heterocycles. The number of amides is 1. The van der Waals surface area contributed by atoms with Gasteiger partial charge in [-0.25, -0.2) is 9.67 Å². The third-order valence-electron chi connectivity index (χ3n) is 4.63. The van der Waals surface area contributed by atoms with Crippen molar-refractivity contribution >= 4 is 16.8 Å². The number of fused-ring (bicyclic) bond motifs is 1. The Morgan fingerprint density at radius 1 is 1.16 bits per heavy atom. The first kappa shape index (κ1) is 17.2. The van der Waals surface area contributed by atoms with Crippen LogP contribution < -0.4 is 5.32 Å². The molecule has 0 unspecified atom stereocenters. The van der Waals surface area contributed by atoms with E-state index < -0.39 is 0 Å². The fourth-order valence-electron chi connectivity index (χ4n) is 3.33. The average molecular weight is 339 g/mol. The first-order valence-electron chi connectivity index (χ1n) is 8.59. The van der Waals surface area contributed by atoms with Gasteiger partial charge in [-0.3, -0.25) is 4.79 Å². The van der Waals surface area contributed by atoms with Crippen LogP contribution in [0.3, 0.4) is 0 Å². The van der Waals surface area contributed by atoms with Crippen molar-refractivity contribution in [1.82, 2.24) is 25.1 Å². The molecule has 3 rings (SSSR count). The Hall–Kier alpha value is -2.63. The second kappa shape index (κ2) is 6.70. The van der Waals surface area contributed by atoms with E-state index in [9.17, 15) is 4.79 Å². The molecular formula is C19H25N5O. The molecule has 132 valence electrons. The number of hydrogen-bond donors (Lipinski definition) is 2. The van der Waals surface area contributed by atoms with E-state index >= 15 is 0 Å². The molecule has 2 heterocycles. The topological polar surface area (TPSA) is 75.6 Å². The minimum absolute atomic E-state index is 0.0272. The maximum Gasteiger partial charge on any atom is 0.224 e. The molecule has 0 atom stereocenters. The molecule has 0 bridgehead atoms. The van der Waals surface area contributed by atoms with Crippen molar-refractivity contribution in [3.05, 3.63) is 46.2 Å². The molecule has 0 spiro atoms. The normalized spacial score (nSPS) is 11.2. The van der Waals surface area contributed by atoms with Crippen molar-refractivity contribution in [3.63, 3.8) is 0 Å². The summed E-state index contributed by atoms with van der Waals surface area (Å²) in [6, 6.07) is 4.22. The summed E-state index contributed by atoms with van der Waals surface area (Å²) in [6.45, 7) is 11.2. The van der Waals surface area contributed by atoms with E-state index in [-0.39, 0.29) is 5.91 Å². The van der Waals surface area contributed by atoms with Crippen LogP contribution in [0.5, 0.6) is 0 Å². The van der Waals surface area contributed by atoms with E-state index in [0.29, 0.717) is 19.5 Å². The molecule has 6 nitrogen and oxygen atoms in total. The Morgan fingerprint density at radius 3 is 2.56 bits per heavy atom. The molecule has 2 N–H and O–H groups in total. The van der Waals surface area contributed by atoms with Gasteiger partial charge < -0.3 is 10.3 Å². The van der Waals surface area contributed by atoms with Crippen LogP contribution in [-0.2, 0) is 17.8 Å². The van der Waals surface area contributed by atoms with Crippen molar-refractivity contribution in [2.45, 2.75) is 47.6 Å². The van der Waals surface area contributed by atoms with E-state index in [1.54, 1.807) is 0 Å². The van der Waals surface area contributed by atoms with Crippen molar-refractivity contribution in [3.8, 4) is 0 Å². The zero-order valence-electron chi connectivity index (χ0n) is 15.5. The van der Waals surface area contributed by atoms with E-state index in [1.165, 1.54) is 16.5 Å². The summed E-state index contributed by atoms with van der Waals surface area (Å²) in [5.74, 6) is 1.65. The molecule has 1 amide bonds. The van der Waals surface area contributed by atoms with E-state index in [4.69, 9.17) is 0 Å². The maximum atomic E-state index is 12.4. The van der Waals surface area contributed by atoms with Gasteiger partial charge in [-0.15, -0.1) is 0 Å². The number of carbonyl (C=O) groups excluding carboxylic acids is 1.